The van der Waals surface area contributed by atoms with Crippen LogP contribution in [0, 0.1) is 23.3 Å². The van der Waals surface area contributed by atoms with Crippen molar-refractivity contribution in [3.05, 3.63) is 149 Å². The minimum Gasteiger partial charge on any atom is -0.345 e. The van der Waals surface area contributed by atoms with E-state index in [2.05, 4.69) is 9.97 Å². The van der Waals surface area contributed by atoms with Gasteiger partial charge in [-0.25, -0.2) is 44.4 Å². The molecular formula is C40H34Cl4F4N6O4S4. The van der Waals surface area contributed by atoms with Gasteiger partial charge in [-0.3, -0.25) is 0 Å². The Labute approximate surface area is 384 Å². The van der Waals surface area contributed by atoms with E-state index < -0.39 is 43.3 Å². The molecule has 2 fully saturated rings. The van der Waals surface area contributed by atoms with Crippen molar-refractivity contribution in [1.82, 2.24) is 18.6 Å². The molecule has 0 saturated carbocycles. The molecule has 328 valence electrons. The average molecular weight is 1010 g/mol. The summed E-state index contributed by atoms with van der Waals surface area (Å²) in [5, 5.41) is 5.63. The molecule has 10 nitrogen and oxygen atoms in total. The van der Waals surface area contributed by atoms with Crippen molar-refractivity contribution >= 4 is 99.4 Å². The van der Waals surface area contributed by atoms with E-state index in [0.29, 0.717) is 55.8 Å². The number of halogens is 8. The van der Waals surface area contributed by atoms with Crippen LogP contribution in [-0.4, -0.2) is 87.8 Å². The Morgan fingerprint density at radius 3 is 1.40 bits per heavy atom. The lowest BCUT2D eigenvalue weighted by atomic mass is 10.1. The standard InChI is InChI=1S/2C20H17Cl2F2N3O2S2/c21-17-2-1-3-18(19(17)22)31(28,29)27-6-4-26(5-7-27)20-25-16(12-30-20)10-13-8-14(23)11-15(24)9-13;21-15-2-1-3-18(19(15)22)31(28,29)27-8-6-26(7-9-27)20-25-14(12-30-20)10-13-4-5-16(23)17(24)11-13/h1-3,8-9,11-12H,4-7,10H2;1-5,11-12H,6-10H2. The molecule has 22 heteroatoms. The fraction of sp³-hybridized carbons (Fsp3) is 0.250. The van der Waals surface area contributed by atoms with Gasteiger partial charge in [0, 0.05) is 82.0 Å². The summed E-state index contributed by atoms with van der Waals surface area (Å²) in [6, 6.07) is 16.3. The van der Waals surface area contributed by atoms with Crippen LogP contribution in [0.15, 0.2) is 93.3 Å². The third-order valence-corrected chi connectivity index (χ3v) is 17.5. The van der Waals surface area contributed by atoms with Gasteiger partial charge in [0.05, 0.1) is 31.5 Å². The Morgan fingerprint density at radius 2 is 0.968 bits per heavy atom. The van der Waals surface area contributed by atoms with E-state index in [9.17, 15) is 34.4 Å². The van der Waals surface area contributed by atoms with Crippen molar-refractivity contribution in [2.75, 3.05) is 62.2 Å². The summed E-state index contributed by atoms with van der Waals surface area (Å²) in [7, 11) is -7.52. The lowest BCUT2D eigenvalue weighted by Gasteiger charge is -2.34. The zero-order valence-corrected chi connectivity index (χ0v) is 38.4. The van der Waals surface area contributed by atoms with Crippen molar-refractivity contribution in [3.63, 3.8) is 0 Å². The summed E-state index contributed by atoms with van der Waals surface area (Å²) in [4.78, 5) is 13.1. The number of hydrogen-bond donors (Lipinski definition) is 0. The first-order chi connectivity index (χ1) is 29.5. The third kappa shape index (κ3) is 10.7. The number of thiazole rings is 2. The van der Waals surface area contributed by atoms with Gasteiger partial charge in [0.2, 0.25) is 20.0 Å². The zero-order chi connectivity index (χ0) is 44.3. The second kappa shape index (κ2) is 19.7. The van der Waals surface area contributed by atoms with E-state index in [-0.39, 0.29) is 56.1 Å². The van der Waals surface area contributed by atoms with Crippen molar-refractivity contribution in [2.24, 2.45) is 0 Å². The van der Waals surface area contributed by atoms with Crippen LogP contribution in [0.5, 0.6) is 0 Å². The maximum atomic E-state index is 13.4. The van der Waals surface area contributed by atoms with Crippen molar-refractivity contribution in [3.8, 4) is 0 Å². The van der Waals surface area contributed by atoms with E-state index in [1.54, 1.807) is 24.3 Å². The molecule has 0 radical (unpaired) electrons. The Bertz CT molecular complexity index is 2780. The Hall–Kier alpha value is -3.56. The molecule has 2 aliphatic heterocycles. The molecule has 4 heterocycles. The molecule has 2 saturated heterocycles. The average Bonchev–Trinajstić information content (AvgIpc) is 3.91. The Kier molecular flexibility index (Phi) is 14.7. The number of nitrogens with zero attached hydrogens (tertiary/aromatic N) is 6. The van der Waals surface area contributed by atoms with Crippen LogP contribution in [0.25, 0.3) is 0 Å². The molecule has 4 aromatic carbocycles. The van der Waals surface area contributed by atoms with Crippen LogP contribution >= 0.6 is 69.1 Å². The Balaban J connectivity index is 0.000000186. The van der Waals surface area contributed by atoms with Gasteiger partial charge in [0.1, 0.15) is 21.4 Å². The minimum absolute atomic E-state index is 0.00168. The van der Waals surface area contributed by atoms with E-state index in [1.807, 2.05) is 20.6 Å². The van der Waals surface area contributed by atoms with Crippen molar-refractivity contribution in [1.29, 1.82) is 0 Å². The second-order valence-corrected chi connectivity index (χ2v) is 21.1. The van der Waals surface area contributed by atoms with Gasteiger partial charge in [0.15, 0.2) is 21.9 Å². The number of rotatable bonds is 10. The van der Waals surface area contributed by atoms with Crippen LogP contribution in [0.3, 0.4) is 0 Å². The third-order valence-electron chi connectivity index (χ3n) is 9.84. The molecule has 0 N–H and O–H groups in total. The molecule has 62 heavy (non-hydrogen) atoms. The first-order valence-electron chi connectivity index (χ1n) is 18.7. The molecular weight excluding hydrogens is 975 g/mol. The molecule has 0 atom stereocenters. The predicted molar refractivity (Wildman–Crippen MR) is 237 cm³/mol. The first kappa shape index (κ1) is 46.4. The topological polar surface area (TPSA) is 107 Å². The van der Waals surface area contributed by atoms with Crippen molar-refractivity contribution in [2.45, 2.75) is 22.6 Å². The molecule has 0 unspecified atom stereocenters. The number of benzene rings is 4. The molecule has 8 rings (SSSR count). The molecule has 0 amide bonds. The normalized spacial score (nSPS) is 15.4. The van der Waals surface area contributed by atoms with E-state index in [1.165, 1.54) is 67.7 Å². The van der Waals surface area contributed by atoms with Crippen LogP contribution in [-0.2, 0) is 32.9 Å². The molecule has 0 spiro atoms. The van der Waals surface area contributed by atoms with Crippen LogP contribution in [0.4, 0.5) is 27.8 Å². The minimum atomic E-state index is -3.76. The summed E-state index contributed by atoms with van der Waals surface area (Å²) < 4.78 is 108. The number of piperazine rings is 2. The van der Waals surface area contributed by atoms with Gasteiger partial charge in [-0.2, -0.15) is 8.61 Å². The molecule has 0 aliphatic carbocycles. The summed E-state index contributed by atoms with van der Waals surface area (Å²) in [6.45, 7) is 2.96. The van der Waals surface area contributed by atoms with Gasteiger partial charge < -0.3 is 9.80 Å². The molecule has 2 aromatic heterocycles. The van der Waals surface area contributed by atoms with Gasteiger partial charge in [-0.15, -0.1) is 22.7 Å². The second-order valence-electron chi connectivity index (χ2n) is 14.0. The highest BCUT2D eigenvalue weighted by Gasteiger charge is 2.33. The van der Waals surface area contributed by atoms with E-state index in [4.69, 9.17) is 46.4 Å². The smallest absolute Gasteiger partial charge is 0.244 e. The molecule has 6 aromatic rings. The number of anilines is 2. The number of aromatic nitrogens is 2. The zero-order valence-electron chi connectivity index (χ0n) is 32.1. The van der Waals surface area contributed by atoms with Gasteiger partial charge in [-0.05, 0) is 59.7 Å². The first-order valence-corrected chi connectivity index (χ1v) is 24.8. The highest BCUT2D eigenvalue weighted by molar-refractivity contribution is 7.89. The van der Waals surface area contributed by atoms with Crippen LogP contribution < -0.4 is 9.80 Å². The lowest BCUT2D eigenvalue weighted by Crippen LogP contribution is -2.48. The highest BCUT2D eigenvalue weighted by Crippen LogP contribution is 2.34. The monoisotopic (exact) mass is 1010 g/mol. The van der Waals surface area contributed by atoms with Gasteiger partial charge >= 0.3 is 0 Å². The molecule has 0 bridgehead atoms. The van der Waals surface area contributed by atoms with Crippen molar-refractivity contribution < 1.29 is 34.4 Å². The highest BCUT2D eigenvalue weighted by atomic mass is 35.5. The summed E-state index contributed by atoms with van der Waals surface area (Å²) in [6.07, 6.45) is 0.697. The Morgan fingerprint density at radius 1 is 0.532 bits per heavy atom. The van der Waals surface area contributed by atoms with Crippen LogP contribution in [0.2, 0.25) is 20.1 Å². The lowest BCUT2D eigenvalue weighted by molar-refractivity contribution is 0.384. The van der Waals surface area contributed by atoms with E-state index in [0.717, 1.165) is 28.1 Å². The predicted octanol–water partition coefficient (Wildman–Crippen LogP) is 9.66. The van der Waals surface area contributed by atoms with E-state index >= 15 is 0 Å². The quantitative estimate of drug-likeness (QED) is 0.125. The number of hydrogen-bond acceptors (Lipinski definition) is 10. The summed E-state index contributed by atoms with van der Waals surface area (Å²) in [5.41, 5.74) is 2.58. The van der Waals surface area contributed by atoms with Gasteiger partial charge in [0.25, 0.3) is 0 Å². The fourth-order valence-electron chi connectivity index (χ4n) is 6.71. The SMILES string of the molecule is O=S(=O)(c1cccc(Cl)c1Cl)N1CCN(c2nc(Cc3cc(F)cc(F)c3)cs2)CC1.O=S(=O)(c1cccc(Cl)c1Cl)N1CCN(c2nc(Cc3ccc(F)c(F)c3)cs2)CC1. The van der Waals surface area contributed by atoms with Gasteiger partial charge in [-0.1, -0.05) is 64.6 Å². The maximum absolute atomic E-state index is 13.4. The fourth-order valence-corrected chi connectivity index (χ4v) is 12.8. The summed E-state index contributed by atoms with van der Waals surface area (Å²) in [5.74, 6) is -3.01. The number of sulfonamides is 2. The summed E-state index contributed by atoms with van der Waals surface area (Å²) >= 11 is 27.0. The maximum Gasteiger partial charge on any atom is 0.244 e. The largest absolute Gasteiger partial charge is 0.345 e. The van der Waals surface area contributed by atoms with Crippen LogP contribution in [0.1, 0.15) is 22.5 Å². The molecule has 2 aliphatic rings.